The molecule has 5 heteroatoms. The van der Waals surface area contributed by atoms with Crippen molar-refractivity contribution in [1.29, 1.82) is 0 Å². The Labute approximate surface area is 109 Å². The highest BCUT2D eigenvalue weighted by Gasteiger charge is 2.28. The molecule has 1 amide bonds. The number of methoxy groups -OCH3 is 1. The summed E-state index contributed by atoms with van der Waals surface area (Å²) in [7, 11) is 1.62. The highest BCUT2D eigenvalue weighted by atomic mass is 79.9. The lowest BCUT2D eigenvalue weighted by molar-refractivity contribution is -0.123. The smallest absolute Gasteiger partial charge is 0.220 e. The first kappa shape index (κ1) is 12.4. The molecule has 0 bridgehead atoms. The fourth-order valence-electron chi connectivity index (χ4n) is 2.01. The molecule has 0 aliphatic carbocycles. The van der Waals surface area contributed by atoms with E-state index in [-0.39, 0.29) is 18.0 Å². The molecule has 3 N–H and O–H groups in total. The van der Waals surface area contributed by atoms with Crippen molar-refractivity contribution in [2.75, 3.05) is 7.11 Å². The maximum atomic E-state index is 11.4. The zero-order chi connectivity index (χ0) is 12.4. The molecule has 2 rings (SSSR count). The van der Waals surface area contributed by atoms with Gasteiger partial charge in [0.05, 0.1) is 13.2 Å². The van der Waals surface area contributed by atoms with E-state index in [0.29, 0.717) is 12.8 Å². The van der Waals surface area contributed by atoms with E-state index in [9.17, 15) is 4.79 Å². The number of ether oxygens (including phenoxy) is 1. The molecule has 1 aliphatic rings. The molecular weight excluding hydrogens is 284 g/mol. The van der Waals surface area contributed by atoms with Crippen LogP contribution in [0.15, 0.2) is 22.7 Å². The molecular formula is C12H15BrN2O2. The van der Waals surface area contributed by atoms with Gasteiger partial charge in [0.2, 0.25) is 5.91 Å². The maximum Gasteiger partial charge on any atom is 0.220 e. The molecule has 0 radical (unpaired) electrons. The average Bonchev–Trinajstić information content (AvgIpc) is 2.33. The third-order valence-electron chi connectivity index (χ3n) is 2.99. The third kappa shape index (κ3) is 2.61. The van der Waals surface area contributed by atoms with Gasteiger partial charge in [-0.2, -0.15) is 0 Å². The van der Waals surface area contributed by atoms with Gasteiger partial charge in [0.15, 0.2) is 0 Å². The second kappa shape index (κ2) is 5.06. The van der Waals surface area contributed by atoms with Gasteiger partial charge < -0.3 is 15.8 Å². The Kier molecular flexibility index (Phi) is 3.69. The van der Waals surface area contributed by atoms with E-state index in [2.05, 4.69) is 21.2 Å². The van der Waals surface area contributed by atoms with Crippen LogP contribution in [0.3, 0.4) is 0 Å². The van der Waals surface area contributed by atoms with E-state index in [1.165, 1.54) is 0 Å². The number of nitrogens with one attached hydrogen (secondary N) is 1. The van der Waals surface area contributed by atoms with Crippen LogP contribution in [0.5, 0.6) is 5.75 Å². The standard InChI is InChI=1S/C12H15BrN2O2/c1-17-7-2-3-9(13)8(6-7)12-10(14)4-5-11(16)15-12/h2-3,6,10,12H,4-5,14H2,1H3,(H,15,16). The van der Waals surface area contributed by atoms with Crippen LogP contribution >= 0.6 is 15.9 Å². The minimum Gasteiger partial charge on any atom is -0.497 e. The van der Waals surface area contributed by atoms with Crippen LogP contribution in [0.2, 0.25) is 0 Å². The first-order chi connectivity index (χ1) is 8.11. The highest BCUT2D eigenvalue weighted by molar-refractivity contribution is 9.10. The summed E-state index contributed by atoms with van der Waals surface area (Å²) in [4.78, 5) is 11.4. The number of benzene rings is 1. The number of amides is 1. The summed E-state index contributed by atoms with van der Waals surface area (Å²) >= 11 is 3.48. The van der Waals surface area contributed by atoms with Crippen molar-refractivity contribution in [2.45, 2.75) is 24.9 Å². The normalized spacial score (nSPS) is 24.3. The van der Waals surface area contributed by atoms with Crippen molar-refractivity contribution in [3.63, 3.8) is 0 Å². The fraction of sp³-hybridized carbons (Fsp3) is 0.417. The highest BCUT2D eigenvalue weighted by Crippen LogP contribution is 2.31. The molecule has 1 aliphatic heterocycles. The molecule has 0 spiro atoms. The van der Waals surface area contributed by atoms with Crippen molar-refractivity contribution in [2.24, 2.45) is 5.73 Å². The summed E-state index contributed by atoms with van der Waals surface area (Å²) in [5, 5.41) is 2.93. The third-order valence-corrected chi connectivity index (χ3v) is 3.71. The fourth-order valence-corrected chi connectivity index (χ4v) is 2.51. The van der Waals surface area contributed by atoms with Gasteiger partial charge >= 0.3 is 0 Å². The molecule has 0 saturated carbocycles. The Morgan fingerprint density at radius 3 is 3.00 bits per heavy atom. The quantitative estimate of drug-likeness (QED) is 0.874. The van der Waals surface area contributed by atoms with Crippen molar-refractivity contribution >= 4 is 21.8 Å². The van der Waals surface area contributed by atoms with Crippen LogP contribution in [0.1, 0.15) is 24.4 Å². The number of carbonyl (C=O) groups is 1. The number of hydrogen-bond acceptors (Lipinski definition) is 3. The Morgan fingerprint density at radius 2 is 2.29 bits per heavy atom. The van der Waals surface area contributed by atoms with Gasteiger partial charge in [-0.15, -0.1) is 0 Å². The Bertz CT molecular complexity index is 437. The molecule has 17 heavy (non-hydrogen) atoms. The molecule has 4 nitrogen and oxygen atoms in total. The molecule has 1 heterocycles. The van der Waals surface area contributed by atoms with Gasteiger partial charge in [0.1, 0.15) is 5.75 Å². The SMILES string of the molecule is COc1ccc(Br)c(C2NC(=O)CCC2N)c1. The molecule has 1 fully saturated rings. The number of nitrogens with two attached hydrogens (primary N) is 1. The van der Waals surface area contributed by atoms with E-state index in [4.69, 9.17) is 10.5 Å². The Morgan fingerprint density at radius 1 is 1.53 bits per heavy atom. The van der Waals surface area contributed by atoms with Crippen LogP contribution in [-0.4, -0.2) is 19.1 Å². The second-order valence-corrected chi connectivity index (χ2v) is 4.99. The summed E-state index contributed by atoms with van der Waals surface area (Å²) in [6.07, 6.45) is 1.21. The largest absolute Gasteiger partial charge is 0.497 e. The summed E-state index contributed by atoms with van der Waals surface area (Å²) in [5.74, 6) is 0.807. The lowest BCUT2D eigenvalue weighted by atomic mass is 9.92. The molecule has 92 valence electrons. The summed E-state index contributed by atoms with van der Waals surface area (Å²) in [6.45, 7) is 0. The van der Waals surface area contributed by atoms with Gasteiger partial charge in [0.25, 0.3) is 0 Å². The first-order valence-corrected chi connectivity index (χ1v) is 6.29. The van der Waals surface area contributed by atoms with Crippen LogP contribution < -0.4 is 15.8 Å². The van der Waals surface area contributed by atoms with Crippen molar-refractivity contribution in [3.05, 3.63) is 28.2 Å². The van der Waals surface area contributed by atoms with Gasteiger partial charge in [0, 0.05) is 16.9 Å². The number of halogens is 1. The molecule has 1 aromatic carbocycles. The van der Waals surface area contributed by atoms with Gasteiger partial charge in [-0.25, -0.2) is 0 Å². The molecule has 2 unspecified atom stereocenters. The number of carbonyl (C=O) groups excluding carboxylic acids is 1. The predicted octanol–water partition coefficient (Wildman–Crippen LogP) is 1.74. The minimum absolute atomic E-state index is 0.0476. The lowest BCUT2D eigenvalue weighted by Crippen LogP contribution is -2.45. The number of rotatable bonds is 2. The van der Waals surface area contributed by atoms with E-state index in [1.807, 2.05) is 18.2 Å². The average molecular weight is 299 g/mol. The van der Waals surface area contributed by atoms with E-state index < -0.39 is 0 Å². The van der Waals surface area contributed by atoms with Crippen molar-refractivity contribution in [1.82, 2.24) is 5.32 Å². The van der Waals surface area contributed by atoms with Crippen LogP contribution in [0, 0.1) is 0 Å². The topological polar surface area (TPSA) is 64.3 Å². The summed E-state index contributed by atoms with van der Waals surface area (Å²) in [5.41, 5.74) is 7.02. The van der Waals surface area contributed by atoms with Crippen LogP contribution in [-0.2, 0) is 4.79 Å². The van der Waals surface area contributed by atoms with Crippen molar-refractivity contribution in [3.8, 4) is 5.75 Å². The predicted molar refractivity (Wildman–Crippen MR) is 68.8 cm³/mol. The van der Waals surface area contributed by atoms with E-state index >= 15 is 0 Å². The molecule has 1 aromatic rings. The Balaban J connectivity index is 2.34. The molecule has 1 saturated heterocycles. The van der Waals surface area contributed by atoms with E-state index in [1.54, 1.807) is 7.11 Å². The van der Waals surface area contributed by atoms with Gasteiger partial charge in [-0.1, -0.05) is 15.9 Å². The second-order valence-electron chi connectivity index (χ2n) is 4.14. The molecule has 0 aromatic heterocycles. The molecule has 2 atom stereocenters. The van der Waals surface area contributed by atoms with Gasteiger partial charge in [-0.05, 0) is 30.2 Å². The zero-order valence-electron chi connectivity index (χ0n) is 9.57. The van der Waals surface area contributed by atoms with Crippen molar-refractivity contribution < 1.29 is 9.53 Å². The summed E-state index contributed by atoms with van der Waals surface area (Å²) < 4.78 is 6.12. The van der Waals surface area contributed by atoms with Crippen LogP contribution in [0.4, 0.5) is 0 Å². The Hall–Kier alpha value is -1.07. The number of hydrogen-bond donors (Lipinski definition) is 2. The minimum atomic E-state index is -0.152. The maximum absolute atomic E-state index is 11.4. The van der Waals surface area contributed by atoms with E-state index in [0.717, 1.165) is 15.8 Å². The van der Waals surface area contributed by atoms with Crippen LogP contribution in [0.25, 0.3) is 0 Å². The monoisotopic (exact) mass is 298 g/mol. The van der Waals surface area contributed by atoms with Gasteiger partial charge in [-0.3, -0.25) is 4.79 Å². The first-order valence-electron chi connectivity index (χ1n) is 5.50. The zero-order valence-corrected chi connectivity index (χ0v) is 11.2. The number of piperidine rings is 1. The summed E-state index contributed by atoms with van der Waals surface area (Å²) in [6, 6.07) is 5.46. The lowest BCUT2D eigenvalue weighted by Gasteiger charge is -2.30.